The van der Waals surface area contributed by atoms with Crippen LogP contribution in [0.2, 0.25) is 0 Å². The van der Waals surface area contributed by atoms with Gasteiger partial charge in [-0.25, -0.2) is 13.2 Å². The largest absolute Gasteiger partial charge is 0.490 e. The third-order valence-corrected chi connectivity index (χ3v) is 6.31. The van der Waals surface area contributed by atoms with Crippen LogP contribution in [-0.4, -0.2) is 79.5 Å². The highest BCUT2D eigenvalue weighted by Gasteiger charge is 2.46. The number of hydrogen-bond donors (Lipinski definition) is 1. The van der Waals surface area contributed by atoms with E-state index in [1.807, 2.05) is 19.1 Å². The average Bonchev–Trinajstić information content (AvgIpc) is 3.01. The van der Waals surface area contributed by atoms with Crippen molar-refractivity contribution < 1.29 is 40.6 Å². The van der Waals surface area contributed by atoms with Gasteiger partial charge in [0.15, 0.2) is 0 Å². The Morgan fingerprint density at radius 2 is 1.83 bits per heavy atom. The highest BCUT2D eigenvalue weighted by atomic mass is 32.2. The van der Waals surface area contributed by atoms with Gasteiger partial charge in [-0.1, -0.05) is 0 Å². The summed E-state index contributed by atoms with van der Waals surface area (Å²) in [6, 6.07) is 3.98. The van der Waals surface area contributed by atoms with Crippen LogP contribution in [0.15, 0.2) is 16.5 Å². The van der Waals surface area contributed by atoms with E-state index in [2.05, 4.69) is 4.90 Å². The van der Waals surface area contributed by atoms with Crippen molar-refractivity contribution in [2.75, 3.05) is 39.1 Å². The van der Waals surface area contributed by atoms with Gasteiger partial charge in [-0.05, 0) is 31.9 Å². The lowest BCUT2D eigenvalue weighted by atomic mass is 9.87. The molecule has 0 radical (unpaired) electrons. The molecule has 0 aromatic carbocycles. The van der Waals surface area contributed by atoms with Crippen LogP contribution in [0.3, 0.4) is 0 Å². The highest BCUT2D eigenvalue weighted by Crippen LogP contribution is 2.34. The number of carbonyl (C=O) groups is 1. The molecule has 3 heterocycles. The Morgan fingerprint density at radius 3 is 2.28 bits per heavy atom. The molecular formula is C17H25F3N2O6S. The molecule has 166 valence electrons. The van der Waals surface area contributed by atoms with E-state index in [1.165, 1.54) is 6.26 Å². The van der Waals surface area contributed by atoms with Crippen LogP contribution in [-0.2, 0) is 26.1 Å². The summed E-state index contributed by atoms with van der Waals surface area (Å²) in [6.07, 6.45) is -2.17. The fourth-order valence-electron chi connectivity index (χ4n) is 3.55. The molecule has 1 aromatic rings. The highest BCUT2D eigenvalue weighted by molar-refractivity contribution is 7.88. The van der Waals surface area contributed by atoms with Crippen molar-refractivity contribution in [1.82, 2.24) is 9.21 Å². The second kappa shape index (κ2) is 9.02. The SMILES string of the molecule is Cc1ccc(CN2CCC3(CC2)COCCN3S(C)(=O)=O)o1.O=C(O)C(F)(F)F. The Bertz CT molecular complexity index is 800. The molecule has 1 aromatic heterocycles. The number of piperidine rings is 1. The first-order chi connectivity index (χ1) is 13.3. The molecule has 8 nitrogen and oxygen atoms in total. The maximum Gasteiger partial charge on any atom is 0.490 e. The van der Waals surface area contributed by atoms with Gasteiger partial charge >= 0.3 is 12.1 Å². The van der Waals surface area contributed by atoms with Gasteiger partial charge in [0, 0.05) is 19.6 Å². The molecule has 3 rings (SSSR count). The fourth-order valence-corrected chi connectivity index (χ4v) is 4.89. The summed E-state index contributed by atoms with van der Waals surface area (Å²) in [5, 5.41) is 7.12. The number of furan rings is 1. The van der Waals surface area contributed by atoms with Gasteiger partial charge in [0.1, 0.15) is 11.5 Å². The zero-order chi connectivity index (χ0) is 21.9. The van der Waals surface area contributed by atoms with Gasteiger partial charge in [0.25, 0.3) is 0 Å². The van der Waals surface area contributed by atoms with E-state index in [0.29, 0.717) is 19.8 Å². The standard InChI is InChI=1S/C15H24N2O4S.C2HF3O2/c1-13-3-4-14(21-13)11-16-7-5-15(6-8-16)12-20-10-9-17(15)22(2,18)19;3-2(4,5)1(6)7/h3-4H,5-12H2,1-2H3;(H,6,7). The first-order valence-electron chi connectivity index (χ1n) is 8.97. The van der Waals surface area contributed by atoms with Gasteiger partial charge in [0.2, 0.25) is 10.0 Å². The maximum absolute atomic E-state index is 12.1. The Morgan fingerprint density at radius 1 is 1.24 bits per heavy atom. The number of halogens is 3. The molecule has 1 N–H and O–H groups in total. The minimum absolute atomic E-state index is 0.360. The molecule has 0 saturated carbocycles. The predicted molar refractivity (Wildman–Crippen MR) is 96.7 cm³/mol. The lowest BCUT2D eigenvalue weighted by Crippen LogP contribution is -2.62. The Hall–Kier alpha value is -1.63. The van der Waals surface area contributed by atoms with Crippen molar-refractivity contribution in [3.63, 3.8) is 0 Å². The average molecular weight is 442 g/mol. The Balaban J connectivity index is 0.000000370. The van der Waals surface area contributed by atoms with Gasteiger partial charge in [-0.2, -0.15) is 17.5 Å². The number of alkyl halides is 3. The summed E-state index contributed by atoms with van der Waals surface area (Å²) in [4.78, 5) is 11.2. The van der Waals surface area contributed by atoms with E-state index in [-0.39, 0.29) is 5.54 Å². The number of ether oxygens (including phenoxy) is 1. The number of aliphatic carboxylic acids is 1. The smallest absolute Gasteiger partial charge is 0.475 e. The van der Waals surface area contributed by atoms with Gasteiger partial charge in [-0.3, -0.25) is 4.90 Å². The topological polar surface area (TPSA) is 100 Å². The number of hydrogen-bond acceptors (Lipinski definition) is 6. The zero-order valence-electron chi connectivity index (χ0n) is 16.2. The number of sulfonamides is 1. The Labute approximate surface area is 167 Å². The van der Waals surface area contributed by atoms with Crippen LogP contribution in [0.1, 0.15) is 24.4 Å². The van der Waals surface area contributed by atoms with Crippen LogP contribution in [0, 0.1) is 6.92 Å². The first-order valence-corrected chi connectivity index (χ1v) is 10.8. The summed E-state index contributed by atoms with van der Waals surface area (Å²) in [5.74, 6) is -0.867. The molecule has 2 aliphatic heterocycles. The minimum atomic E-state index is -5.08. The van der Waals surface area contributed by atoms with E-state index in [1.54, 1.807) is 4.31 Å². The van der Waals surface area contributed by atoms with E-state index < -0.39 is 22.2 Å². The summed E-state index contributed by atoms with van der Waals surface area (Å²) in [5.41, 5.74) is -0.360. The first kappa shape index (κ1) is 23.6. The molecule has 12 heteroatoms. The molecule has 29 heavy (non-hydrogen) atoms. The van der Waals surface area contributed by atoms with Gasteiger partial charge in [0.05, 0.1) is 31.6 Å². The molecule has 2 fully saturated rings. The second-order valence-electron chi connectivity index (χ2n) is 7.20. The maximum atomic E-state index is 12.1. The van der Waals surface area contributed by atoms with Crippen molar-refractivity contribution in [3.8, 4) is 0 Å². The third-order valence-electron chi connectivity index (χ3n) is 4.94. The number of aryl methyl sites for hydroxylation is 1. The van der Waals surface area contributed by atoms with Crippen LogP contribution >= 0.6 is 0 Å². The molecule has 2 aliphatic rings. The molecule has 2 saturated heterocycles. The van der Waals surface area contributed by atoms with Gasteiger partial charge < -0.3 is 14.3 Å². The van der Waals surface area contributed by atoms with Crippen LogP contribution < -0.4 is 0 Å². The quantitative estimate of drug-likeness (QED) is 0.763. The normalized spacial score (nSPS) is 20.9. The number of carboxylic acid groups (broad SMARTS) is 1. The van der Waals surface area contributed by atoms with Crippen LogP contribution in [0.5, 0.6) is 0 Å². The monoisotopic (exact) mass is 442 g/mol. The molecular weight excluding hydrogens is 417 g/mol. The fraction of sp³-hybridized carbons (Fsp3) is 0.706. The third kappa shape index (κ3) is 6.43. The van der Waals surface area contributed by atoms with Gasteiger partial charge in [-0.15, -0.1) is 0 Å². The number of nitrogens with zero attached hydrogens (tertiary/aromatic N) is 2. The molecule has 1 spiro atoms. The lowest BCUT2D eigenvalue weighted by Gasteiger charge is -2.49. The molecule has 0 bridgehead atoms. The van der Waals surface area contributed by atoms with Crippen molar-refractivity contribution in [3.05, 3.63) is 23.7 Å². The summed E-state index contributed by atoms with van der Waals surface area (Å²) in [7, 11) is -3.19. The minimum Gasteiger partial charge on any atom is -0.475 e. The zero-order valence-corrected chi connectivity index (χ0v) is 17.1. The second-order valence-corrected chi connectivity index (χ2v) is 9.11. The summed E-state index contributed by atoms with van der Waals surface area (Å²) >= 11 is 0. The summed E-state index contributed by atoms with van der Waals surface area (Å²) < 4.78 is 68.8. The lowest BCUT2D eigenvalue weighted by molar-refractivity contribution is -0.192. The van der Waals surface area contributed by atoms with Crippen molar-refractivity contribution in [2.45, 2.75) is 38.0 Å². The van der Waals surface area contributed by atoms with E-state index in [0.717, 1.165) is 44.0 Å². The Kier molecular flexibility index (Phi) is 7.36. The van der Waals surface area contributed by atoms with Crippen LogP contribution in [0.25, 0.3) is 0 Å². The van der Waals surface area contributed by atoms with Crippen molar-refractivity contribution in [2.24, 2.45) is 0 Å². The molecule has 0 unspecified atom stereocenters. The van der Waals surface area contributed by atoms with Crippen molar-refractivity contribution in [1.29, 1.82) is 0 Å². The molecule has 0 amide bonds. The van der Waals surface area contributed by atoms with E-state index >= 15 is 0 Å². The number of likely N-dealkylation sites (tertiary alicyclic amines) is 1. The van der Waals surface area contributed by atoms with E-state index in [9.17, 15) is 21.6 Å². The van der Waals surface area contributed by atoms with E-state index in [4.69, 9.17) is 19.1 Å². The molecule has 0 aliphatic carbocycles. The summed E-state index contributed by atoms with van der Waals surface area (Å²) in [6.45, 7) is 5.90. The number of carboxylic acids is 1. The van der Waals surface area contributed by atoms with Crippen molar-refractivity contribution >= 4 is 16.0 Å². The van der Waals surface area contributed by atoms with Crippen LogP contribution in [0.4, 0.5) is 13.2 Å². The number of rotatable bonds is 3. The molecule has 0 atom stereocenters. The number of morpholine rings is 1. The predicted octanol–water partition coefficient (Wildman–Crippen LogP) is 1.85.